The molecule has 1 amide bonds. The summed E-state index contributed by atoms with van der Waals surface area (Å²) in [6.07, 6.45) is -3.11. The Kier molecular flexibility index (Phi) is 5.50. The topological polar surface area (TPSA) is 46.9 Å². The van der Waals surface area contributed by atoms with Crippen LogP contribution in [-0.2, 0) is 18.1 Å². The first kappa shape index (κ1) is 20.6. The smallest absolute Gasteiger partial charge is 0.307 e. The van der Waals surface area contributed by atoms with E-state index in [-0.39, 0.29) is 5.41 Å². The van der Waals surface area contributed by atoms with Crippen LogP contribution >= 0.6 is 0 Å². The Labute approximate surface area is 167 Å². The second kappa shape index (κ2) is 7.73. The second-order valence-electron chi connectivity index (χ2n) is 7.82. The van der Waals surface area contributed by atoms with Gasteiger partial charge in [-0.25, -0.2) is 4.68 Å². The summed E-state index contributed by atoms with van der Waals surface area (Å²) in [5.74, 6) is -0.505. The molecule has 3 rings (SSSR count). The third-order valence-electron chi connectivity index (χ3n) is 4.59. The highest BCUT2D eigenvalue weighted by atomic mass is 19.4. The summed E-state index contributed by atoms with van der Waals surface area (Å²) in [7, 11) is 0. The predicted octanol–water partition coefficient (Wildman–Crippen LogP) is 5.50. The molecule has 29 heavy (non-hydrogen) atoms. The lowest BCUT2D eigenvalue weighted by Crippen LogP contribution is -2.20. The van der Waals surface area contributed by atoms with Gasteiger partial charge in [-0.05, 0) is 28.7 Å². The summed E-state index contributed by atoms with van der Waals surface area (Å²) in [5, 5.41) is 6.72. The van der Waals surface area contributed by atoms with Gasteiger partial charge >= 0.3 is 6.18 Å². The Morgan fingerprint density at radius 3 is 2.28 bits per heavy atom. The lowest BCUT2D eigenvalue weighted by molar-refractivity contribution is -0.137. The fraction of sp³-hybridized carbons (Fsp3) is 0.273. The van der Waals surface area contributed by atoms with E-state index in [1.807, 2.05) is 24.3 Å². The second-order valence-corrected chi connectivity index (χ2v) is 7.82. The first-order valence-corrected chi connectivity index (χ1v) is 9.14. The largest absolute Gasteiger partial charge is 0.417 e. The molecule has 0 saturated carbocycles. The van der Waals surface area contributed by atoms with Gasteiger partial charge in [-0.15, -0.1) is 0 Å². The molecule has 1 N–H and O–H groups in total. The van der Waals surface area contributed by atoms with Crippen LogP contribution in [0, 0.1) is 0 Å². The molecule has 152 valence electrons. The van der Waals surface area contributed by atoms with Crippen LogP contribution < -0.4 is 5.32 Å². The Bertz CT molecular complexity index is 999. The summed E-state index contributed by atoms with van der Waals surface area (Å²) in [4.78, 5) is 12.5. The van der Waals surface area contributed by atoms with Gasteiger partial charge < -0.3 is 5.32 Å². The summed E-state index contributed by atoms with van der Waals surface area (Å²) in [5.41, 5.74) is 0.797. The molecule has 0 radical (unpaired) electrons. The van der Waals surface area contributed by atoms with Crippen LogP contribution in [0.2, 0.25) is 0 Å². The van der Waals surface area contributed by atoms with Crippen LogP contribution in [0.15, 0.2) is 60.8 Å². The van der Waals surface area contributed by atoms with Crippen LogP contribution in [0.1, 0.15) is 47.8 Å². The van der Waals surface area contributed by atoms with E-state index in [4.69, 9.17) is 0 Å². The van der Waals surface area contributed by atoms with Crippen LogP contribution in [0.4, 0.5) is 19.0 Å². The van der Waals surface area contributed by atoms with Crippen molar-refractivity contribution in [1.82, 2.24) is 9.78 Å². The normalized spacial score (nSPS) is 12.1. The van der Waals surface area contributed by atoms with Gasteiger partial charge in [0, 0.05) is 6.07 Å². The van der Waals surface area contributed by atoms with E-state index in [0.717, 1.165) is 17.7 Å². The molecule has 0 saturated heterocycles. The molecule has 0 aliphatic carbocycles. The minimum atomic E-state index is -4.61. The van der Waals surface area contributed by atoms with Crippen LogP contribution in [-0.4, -0.2) is 15.7 Å². The Morgan fingerprint density at radius 2 is 1.66 bits per heavy atom. The number of hydrogen-bond acceptors (Lipinski definition) is 2. The van der Waals surface area contributed by atoms with E-state index in [0.29, 0.717) is 12.4 Å². The Hall–Kier alpha value is -3.09. The molecule has 2 aromatic carbocycles. The Balaban J connectivity index is 1.79. The molecule has 0 spiro atoms. The van der Waals surface area contributed by atoms with E-state index >= 15 is 0 Å². The number of nitrogens with zero attached hydrogens (tertiary/aromatic N) is 2. The number of benzene rings is 2. The fourth-order valence-corrected chi connectivity index (χ4v) is 2.96. The van der Waals surface area contributed by atoms with Gasteiger partial charge in [0.1, 0.15) is 5.82 Å². The monoisotopic (exact) mass is 401 g/mol. The van der Waals surface area contributed by atoms with Gasteiger partial charge in [0.25, 0.3) is 5.91 Å². The van der Waals surface area contributed by atoms with Gasteiger partial charge in [0.05, 0.1) is 23.9 Å². The molecule has 7 heteroatoms. The molecule has 1 aromatic heterocycles. The van der Waals surface area contributed by atoms with E-state index in [2.05, 4.69) is 31.2 Å². The molecular formula is C22H22F3N3O. The zero-order chi connectivity index (χ0) is 21.2. The van der Waals surface area contributed by atoms with Crippen molar-refractivity contribution in [3.63, 3.8) is 0 Å². The maximum Gasteiger partial charge on any atom is 0.417 e. The number of carbonyl (C=O) groups is 1. The van der Waals surface area contributed by atoms with Gasteiger partial charge in [-0.3, -0.25) is 4.79 Å². The van der Waals surface area contributed by atoms with E-state index in [9.17, 15) is 18.0 Å². The molecule has 1 heterocycles. The van der Waals surface area contributed by atoms with Crippen molar-refractivity contribution in [2.24, 2.45) is 0 Å². The molecule has 0 aliphatic heterocycles. The number of alkyl halides is 3. The SMILES string of the molecule is CC(C)(C)c1ccc(Cn2nccc2NC(=O)c2ccccc2C(F)(F)F)cc1. The number of hydrogen-bond donors (Lipinski definition) is 1. The maximum atomic E-state index is 13.2. The zero-order valence-electron chi connectivity index (χ0n) is 16.4. The van der Waals surface area contributed by atoms with Crippen molar-refractivity contribution < 1.29 is 18.0 Å². The highest BCUT2D eigenvalue weighted by molar-refractivity contribution is 6.05. The highest BCUT2D eigenvalue weighted by Crippen LogP contribution is 2.32. The summed E-state index contributed by atoms with van der Waals surface area (Å²) < 4.78 is 41.1. The average Bonchev–Trinajstić information content (AvgIpc) is 3.07. The molecule has 0 aliphatic rings. The zero-order valence-corrected chi connectivity index (χ0v) is 16.4. The lowest BCUT2D eigenvalue weighted by Gasteiger charge is -2.19. The first-order chi connectivity index (χ1) is 13.6. The third-order valence-corrected chi connectivity index (χ3v) is 4.59. The molecule has 0 bridgehead atoms. The predicted molar refractivity (Wildman–Crippen MR) is 106 cm³/mol. The number of amides is 1. The standard InChI is InChI=1S/C22H22F3N3O/c1-21(2,3)16-10-8-15(9-11-16)14-28-19(12-13-26-28)27-20(29)17-6-4-5-7-18(17)22(23,24)25/h4-13H,14H2,1-3H3,(H,27,29). The molecule has 0 fully saturated rings. The van der Waals surface area contributed by atoms with Gasteiger partial charge in [0.15, 0.2) is 0 Å². The van der Waals surface area contributed by atoms with Crippen molar-refractivity contribution in [1.29, 1.82) is 0 Å². The van der Waals surface area contributed by atoms with E-state index in [1.54, 1.807) is 10.7 Å². The van der Waals surface area contributed by atoms with Crippen molar-refractivity contribution in [3.8, 4) is 0 Å². The number of halogens is 3. The number of aromatic nitrogens is 2. The van der Waals surface area contributed by atoms with Crippen molar-refractivity contribution >= 4 is 11.7 Å². The fourth-order valence-electron chi connectivity index (χ4n) is 2.96. The van der Waals surface area contributed by atoms with Crippen molar-refractivity contribution in [2.75, 3.05) is 5.32 Å². The minimum absolute atomic E-state index is 0.0369. The third kappa shape index (κ3) is 4.85. The molecule has 3 aromatic rings. The van der Waals surface area contributed by atoms with Crippen LogP contribution in [0.5, 0.6) is 0 Å². The van der Waals surface area contributed by atoms with Crippen LogP contribution in [0.3, 0.4) is 0 Å². The Morgan fingerprint density at radius 1 is 1.00 bits per heavy atom. The number of rotatable bonds is 4. The average molecular weight is 401 g/mol. The molecular weight excluding hydrogens is 379 g/mol. The molecule has 0 atom stereocenters. The quantitative estimate of drug-likeness (QED) is 0.628. The highest BCUT2D eigenvalue weighted by Gasteiger charge is 2.35. The summed E-state index contributed by atoms with van der Waals surface area (Å²) in [6.45, 7) is 6.76. The van der Waals surface area contributed by atoms with E-state index in [1.165, 1.54) is 23.9 Å². The van der Waals surface area contributed by atoms with Gasteiger partial charge in [0.2, 0.25) is 0 Å². The van der Waals surface area contributed by atoms with Crippen molar-refractivity contribution in [2.45, 2.75) is 38.9 Å². The summed E-state index contributed by atoms with van der Waals surface area (Å²) >= 11 is 0. The van der Waals surface area contributed by atoms with Gasteiger partial charge in [-0.2, -0.15) is 18.3 Å². The maximum absolute atomic E-state index is 13.2. The first-order valence-electron chi connectivity index (χ1n) is 9.14. The number of nitrogens with one attached hydrogen (secondary N) is 1. The van der Waals surface area contributed by atoms with Crippen LogP contribution in [0.25, 0.3) is 0 Å². The van der Waals surface area contributed by atoms with E-state index < -0.39 is 23.2 Å². The number of carbonyl (C=O) groups excluding carboxylic acids is 1. The minimum Gasteiger partial charge on any atom is -0.307 e. The van der Waals surface area contributed by atoms with Crippen molar-refractivity contribution in [3.05, 3.63) is 83.0 Å². The van der Waals surface area contributed by atoms with Gasteiger partial charge in [-0.1, -0.05) is 57.2 Å². The molecule has 4 nitrogen and oxygen atoms in total. The molecule has 0 unspecified atom stereocenters. The lowest BCUT2D eigenvalue weighted by atomic mass is 9.87. The number of anilines is 1. The summed E-state index contributed by atoms with van der Waals surface area (Å²) in [6, 6.07) is 14.3.